The molecule has 0 saturated heterocycles. The van der Waals surface area contributed by atoms with Crippen LogP contribution in [0, 0.1) is 0 Å². The molecule has 0 radical (unpaired) electrons. The Labute approximate surface area is 110 Å². The lowest BCUT2D eigenvalue weighted by Gasteiger charge is -2.26. The summed E-state index contributed by atoms with van der Waals surface area (Å²) < 4.78 is 1.92. The quantitative estimate of drug-likeness (QED) is 0.889. The van der Waals surface area contributed by atoms with Crippen molar-refractivity contribution in [2.24, 2.45) is 0 Å². The van der Waals surface area contributed by atoms with Crippen molar-refractivity contribution in [1.82, 2.24) is 19.7 Å². The van der Waals surface area contributed by atoms with Crippen LogP contribution in [-0.4, -0.2) is 37.3 Å². The lowest BCUT2D eigenvalue weighted by molar-refractivity contribution is 0.0697. The second-order valence-electron chi connectivity index (χ2n) is 4.61. The van der Waals surface area contributed by atoms with E-state index in [0.717, 1.165) is 37.6 Å². The first-order chi connectivity index (χ1) is 9.22. The molecular weight excluding hydrogens is 244 g/mol. The van der Waals surface area contributed by atoms with E-state index in [-0.39, 0.29) is 0 Å². The summed E-state index contributed by atoms with van der Waals surface area (Å²) in [5, 5.41) is 13.0. The highest BCUT2D eigenvalue weighted by Crippen LogP contribution is 2.13. The third-order valence-electron chi connectivity index (χ3n) is 3.30. The molecular formula is C13H14N4O2. The summed E-state index contributed by atoms with van der Waals surface area (Å²) in [6.07, 6.45) is 1.58. The molecule has 0 atom stereocenters. The first kappa shape index (κ1) is 11.9. The maximum atomic E-state index is 10.8. The van der Waals surface area contributed by atoms with Crippen LogP contribution in [0.2, 0.25) is 0 Å². The molecule has 0 bridgehead atoms. The lowest BCUT2D eigenvalue weighted by Crippen LogP contribution is -2.33. The van der Waals surface area contributed by atoms with Crippen molar-refractivity contribution in [2.45, 2.75) is 19.6 Å². The van der Waals surface area contributed by atoms with E-state index >= 15 is 0 Å². The van der Waals surface area contributed by atoms with Crippen molar-refractivity contribution in [3.05, 3.63) is 47.5 Å². The normalized spacial score (nSPS) is 15.2. The highest BCUT2D eigenvalue weighted by molar-refractivity contribution is 5.87. The zero-order valence-corrected chi connectivity index (χ0v) is 10.4. The van der Waals surface area contributed by atoms with E-state index in [4.69, 9.17) is 5.11 Å². The third kappa shape index (κ3) is 2.48. The molecule has 6 nitrogen and oxygen atoms in total. The second-order valence-corrected chi connectivity index (χ2v) is 4.61. The van der Waals surface area contributed by atoms with Gasteiger partial charge in [0.25, 0.3) is 0 Å². The summed E-state index contributed by atoms with van der Waals surface area (Å²) >= 11 is 0. The fourth-order valence-corrected chi connectivity index (χ4v) is 2.26. The highest BCUT2D eigenvalue weighted by atomic mass is 16.4. The Bertz CT molecular complexity index is 591. The van der Waals surface area contributed by atoms with Gasteiger partial charge < -0.3 is 5.11 Å². The van der Waals surface area contributed by atoms with Gasteiger partial charge in [-0.05, 0) is 17.7 Å². The maximum absolute atomic E-state index is 10.8. The van der Waals surface area contributed by atoms with Crippen LogP contribution >= 0.6 is 0 Å². The van der Waals surface area contributed by atoms with E-state index in [2.05, 4.69) is 15.0 Å². The van der Waals surface area contributed by atoms with Gasteiger partial charge in [0.15, 0.2) is 0 Å². The van der Waals surface area contributed by atoms with Crippen molar-refractivity contribution in [2.75, 3.05) is 6.54 Å². The molecule has 0 fully saturated rings. The van der Waals surface area contributed by atoms with Crippen LogP contribution < -0.4 is 0 Å². The Morgan fingerprint density at radius 1 is 1.26 bits per heavy atom. The Morgan fingerprint density at radius 2 is 2.05 bits per heavy atom. The summed E-state index contributed by atoms with van der Waals surface area (Å²) in [5.41, 5.74) is 1.43. The van der Waals surface area contributed by atoms with Gasteiger partial charge in [0.2, 0.25) is 0 Å². The number of fused-ring (bicyclic) bond motifs is 1. The number of aromatic nitrogens is 3. The van der Waals surface area contributed by atoms with Gasteiger partial charge in [0.05, 0.1) is 18.7 Å². The molecule has 0 saturated carbocycles. The molecule has 2 aromatic rings. The van der Waals surface area contributed by atoms with Crippen LogP contribution in [-0.2, 0) is 19.6 Å². The summed E-state index contributed by atoms with van der Waals surface area (Å²) in [5.74, 6) is 0.0889. The number of benzene rings is 1. The fraction of sp³-hybridized carbons (Fsp3) is 0.308. The van der Waals surface area contributed by atoms with Gasteiger partial charge in [-0.1, -0.05) is 12.1 Å². The number of carboxylic acids is 1. The number of carboxylic acid groups (broad SMARTS) is 1. The molecule has 1 aliphatic heterocycles. The monoisotopic (exact) mass is 258 g/mol. The molecule has 1 aliphatic rings. The zero-order chi connectivity index (χ0) is 13.2. The van der Waals surface area contributed by atoms with Gasteiger partial charge in [0.1, 0.15) is 12.2 Å². The lowest BCUT2D eigenvalue weighted by atomic mass is 10.1. The molecule has 0 spiro atoms. The molecule has 19 heavy (non-hydrogen) atoms. The number of carbonyl (C=O) groups is 1. The molecule has 6 heteroatoms. The maximum Gasteiger partial charge on any atom is 0.335 e. The van der Waals surface area contributed by atoms with E-state index in [0.29, 0.717) is 5.56 Å². The van der Waals surface area contributed by atoms with Crippen LogP contribution in [0.1, 0.15) is 21.7 Å². The molecule has 98 valence electrons. The number of aromatic carboxylic acids is 1. The van der Waals surface area contributed by atoms with Crippen LogP contribution in [0.4, 0.5) is 0 Å². The topological polar surface area (TPSA) is 71.2 Å². The summed E-state index contributed by atoms with van der Waals surface area (Å²) in [6, 6.07) is 7.01. The third-order valence-corrected chi connectivity index (χ3v) is 3.30. The number of rotatable bonds is 3. The molecule has 0 amide bonds. The fourth-order valence-electron chi connectivity index (χ4n) is 2.26. The average molecular weight is 258 g/mol. The van der Waals surface area contributed by atoms with E-state index in [1.807, 2.05) is 16.8 Å². The van der Waals surface area contributed by atoms with Gasteiger partial charge in [-0.25, -0.2) is 14.5 Å². The molecule has 3 rings (SSSR count). The van der Waals surface area contributed by atoms with Gasteiger partial charge in [-0.2, -0.15) is 5.10 Å². The van der Waals surface area contributed by atoms with Crippen LogP contribution in [0.5, 0.6) is 0 Å². The van der Waals surface area contributed by atoms with Gasteiger partial charge in [0, 0.05) is 13.1 Å². The van der Waals surface area contributed by atoms with E-state index in [1.165, 1.54) is 0 Å². The Hall–Kier alpha value is -2.21. The molecule has 1 aromatic heterocycles. The van der Waals surface area contributed by atoms with Gasteiger partial charge >= 0.3 is 5.97 Å². The largest absolute Gasteiger partial charge is 0.478 e. The Morgan fingerprint density at radius 3 is 2.79 bits per heavy atom. The highest BCUT2D eigenvalue weighted by Gasteiger charge is 2.17. The molecule has 1 aromatic carbocycles. The van der Waals surface area contributed by atoms with Gasteiger partial charge in [-0.3, -0.25) is 4.90 Å². The number of nitrogens with zero attached hydrogens (tertiary/aromatic N) is 4. The first-order valence-corrected chi connectivity index (χ1v) is 6.13. The first-order valence-electron chi connectivity index (χ1n) is 6.13. The minimum atomic E-state index is -0.891. The van der Waals surface area contributed by atoms with Crippen molar-refractivity contribution in [3.8, 4) is 0 Å². The van der Waals surface area contributed by atoms with Crippen molar-refractivity contribution >= 4 is 5.97 Å². The van der Waals surface area contributed by atoms with Crippen molar-refractivity contribution in [3.63, 3.8) is 0 Å². The molecule has 1 N–H and O–H groups in total. The van der Waals surface area contributed by atoms with Crippen LogP contribution in [0.25, 0.3) is 0 Å². The average Bonchev–Trinajstić information content (AvgIpc) is 2.87. The predicted molar refractivity (Wildman–Crippen MR) is 67.5 cm³/mol. The van der Waals surface area contributed by atoms with E-state index in [9.17, 15) is 4.79 Å². The Balaban J connectivity index is 1.68. The zero-order valence-electron chi connectivity index (χ0n) is 10.4. The molecule has 0 aliphatic carbocycles. The number of hydrogen-bond donors (Lipinski definition) is 1. The van der Waals surface area contributed by atoms with Crippen LogP contribution in [0.15, 0.2) is 30.6 Å². The second kappa shape index (κ2) is 4.81. The standard InChI is InChI=1S/C13H14N4O2/c18-13(19)11-3-1-10(2-4-11)7-16-5-6-17-12(8-16)14-9-15-17/h1-4,9H,5-8H2,(H,18,19). The smallest absolute Gasteiger partial charge is 0.335 e. The molecule has 2 heterocycles. The van der Waals surface area contributed by atoms with E-state index in [1.54, 1.807) is 18.5 Å². The summed E-state index contributed by atoms with van der Waals surface area (Å²) in [7, 11) is 0. The Kier molecular flexibility index (Phi) is 3.00. The summed E-state index contributed by atoms with van der Waals surface area (Å²) in [6.45, 7) is 3.35. The van der Waals surface area contributed by atoms with Crippen LogP contribution in [0.3, 0.4) is 0 Å². The van der Waals surface area contributed by atoms with Crippen molar-refractivity contribution in [1.29, 1.82) is 0 Å². The van der Waals surface area contributed by atoms with Gasteiger partial charge in [-0.15, -0.1) is 0 Å². The molecule has 0 unspecified atom stereocenters. The summed E-state index contributed by atoms with van der Waals surface area (Å²) in [4.78, 5) is 17.3. The SMILES string of the molecule is O=C(O)c1ccc(CN2CCn3ncnc3C2)cc1. The van der Waals surface area contributed by atoms with E-state index < -0.39 is 5.97 Å². The van der Waals surface area contributed by atoms with Crippen molar-refractivity contribution < 1.29 is 9.90 Å². The predicted octanol–water partition coefficient (Wildman–Crippen LogP) is 0.992. The number of hydrogen-bond acceptors (Lipinski definition) is 4. The minimum absolute atomic E-state index is 0.321. The minimum Gasteiger partial charge on any atom is -0.478 e.